The number of rotatable bonds is 5. The Labute approximate surface area is 140 Å². The summed E-state index contributed by atoms with van der Waals surface area (Å²) < 4.78 is 27.8. The molecule has 1 aromatic carbocycles. The second-order valence-electron chi connectivity index (χ2n) is 4.86. The van der Waals surface area contributed by atoms with E-state index in [1.165, 1.54) is 12.8 Å². The van der Waals surface area contributed by atoms with Gasteiger partial charge in [-0.1, -0.05) is 6.07 Å². The van der Waals surface area contributed by atoms with Gasteiger partial charge in [0.2, 0.25) is 10.0 Å². The number of piperidine rings is 1. The maximum atomic E-state index is 12.1. The maximum Gasteiger partial charge on any atom is 0.240 e. The van der Waals surface area contributed by atoms with Crippen LogP contribution in [0.15, 0.2) is 29.2 Å². The van der Waals surface area contributed by atoms with Crippen LogP contribution in [-0.4, -0.2) is 28.1 Å². The molecule has 0 aliphatic carbocycles. The number of benzene rings is 1. The van der Waals surface area contributed by atoms with E-state index < -0.39 is 10.0 Å². The van der Waals surface area contributed by atoms with Crippen LogP contribution >= 0.6 is 35.0 Å². The molecule has 1 aliphatic rings. The summed E-state index contributed by atoms with van der Waals surface area (Å²) in [5.41, 5.74) is 0. The van der Waals surface area contributed by atoms with Gasteiger partial charge >= 0.3 is 0 Å². The fraction of sp³-hybridized carbons (Fsp3) is 0.538. The summed E-state index contributed by atoms with van der Waals surface area (Å²) in [6, 6.07) is 6.96. The summed E-state index contributed by atoms with van der Waals surface area (Å²) >= 11 is 2.12. The zero-order chi connectivity index (χ0) is 13.7. The van der Waals surface area contributed by atoms with Crippen molar-refractivity contribution < 1.29 is 8.42 Å². The molecule has 2 N–H and O–H groups in total. The maximum absolute atomic E-state index is 12.1. The predicted octanol–water partition coefficient (Wildman–Crippen LogP) is 2.38. The van der Waals surface area contributed by atoms with Crippen molar-refractivity contribution in [1.29, 1.82) is 0 Å². The lowest BCUT2D eigenvalue weighted by Crippen LogP contribution is -2.33. The zero-order valence-corrected chi connectivity index (χ0v) is 14.9. The minimum atomic E-state index is -3.36. The molecule has 2 rings (SSSR count). The molecule has 0 amide bonds. The monoisotopic (exact) mass is 430 g/mol. The fourth-order valence-electron chi connectivity index (χ4n) is 2.29. The van der Waals surface area contributed by atoms with Crippen molar-refractivity contribution in [2.75, 3.05) is 19.6 Å². The molecule has 20 heavy (non-hydrogen) atoms. The Morgan fingerprint density at radius 1 is 1.40 bits per heavy atom. The molecule has 0 radical (unpaired) electrons. The Hall–Kier alpha value is 0.110. The Kier molecular flexibility index (Phi) is 7.74. The number of halogens is 2. The van der Waals surface area contributed by atoms with Crippen LogP contribution in [0.3, 0.4) is 0 Å². The molecule has 7 heteroatoms. The molecule has 1 fully saturated rings. The van der Waals surface area contributed by atoms with Crippen LogP contribution in [0.1, 0.15) is 19.3 Å². The Morgan fingerprint density at radius 3 is 2.85 bits per heavy atom. The van der Waals surface area contributed by atoms with Gasteiger partial charge in [0, 0.05) is 10.1 Å². The summed E-state index contributed by atoms with van der Waals surface area (Å²) in [6.07, 6.45) is 3.28. The van der Waals surface area contributed by atoms with Gasteiger partial charge < -0.3 is 5.32 Å². The molecule has 114 valence electrons. The van der Waals surface area contributed by atoms with E-state index in [9.17, 15) is 8.42 Å². The third-order valence-electron chi connectivity index (χ3n) is 3.35. The second-order valence-corrected chi connectivity index (χ2v) is 7.87. The number of sulfonamides is 1. The van der Waals surface area contributed by atoms with Crippen molar-refractivity contribution in [2.24, 2.45) is 5.92 Å². The molecule has 0 spiro atoms. The molecule has 1 heterocycles. The average Bonchev–Trinajstić information content (AvgIpc) is 2.40. The molecule has 1 unspecified atom stereocenters. The summed E-state index contributed by atoms with van der Waals surface area (Å²) in [5, 5.41) is 3.34. The molecular weight excluding hydrogens is 411 g/mol. The predicted molar refractivity (Wildman–Crippen MR) is 91.8 cm³/mol. The van der Waals surface area contributed by atoms with Gasteiger partial charge in [-0.05, 0) is 79.1 Å². The van der Waals surface area contributed by atoms with Crippen molar-refractivity contribution in [3.05, 3.63) is 27.8 Å². The highest BCUT2D eigenvalue weighted by Gasteiger charge is 2.16. The van der Waals surface area contributed by atoms with Crippen LogP contribution in [0.4, 0.5) is 0 Å². The third kappa shape index (κ3) is 5.48. The van der Waals surface area contributed by atoms with Gasteiger partial charge in [0.1, 0.15) is 0 Å². The van der Waals surface area contributed by atoms with E-state index in [1.54, 1.807) is 18.2 Å². The van der Waals surface area contributed by atoms with E-state index >= 15 is 0 Å². The lowest BCUT2D eigenvalue weighted by molar-refractivity contribution is 0.358. The van der Waals surface area contributed by atoms with Gasteiger partial charge in [0.15, 0.2) is 0 Å². The number of hydrogen-bond acceptors (Lipinski definition) is 3. The fourth-order valence-corrected chi connectivity index (χ4v) is 4.13. The van der Waals surface area contributed by atoms with Crippen LogP contribution in [-0.2, 0) is 10.0 Å². The van der Waals surface area contributed by atoms with Crippen LogP contribution < -0.4 is 10.0 Å². The van der Waals surface area contributed by atoms with Crippen molar-refractivity contribution in [1.82, 2.24) is 10.0 Å². The first-order valence-electron chi connectivity index (χ1n) is 6.54. The molecule has 1 atom stereocenters. The first-order valence-corrected chi connectivity index (χ1v) is 9.10. The third-order valence-corrected chi connectivity index (χ3v) is 5.48. The molecule has 0 aromatic heterocycles. The van der Waals surface area contributed by atoms with E-state index in [2.05, 4.69) is 32.6 Å². The molecule has 1 saturated heterocycles. The van der Waals surface area contributed by atoms with E-state index in [0.717, 1.165) is 23.1 Å². The van der Waals surface area contributed by atoms with Gasteiger partial charge in [0.05, 0.1) is 4.90 Å². The number of nitrogens with one attached hydrogen (secondary N) is 2. The van der Waals surface area contributed by atoms with Gasteiger partial charge in [-0.3, -0.25) is 0 Å². The molecule has 1 aliphatic heterocycles. The quantitative estimate of drug-likeness (QED) is 0.705. The summed E-state index contributed by atoms with van der Waals surface area (Å²) in [7, 11) is -3.36. The van der Waals surface area contributed by atoms with Crippen molar-refractivity contribution in [3.63, 3.8) is 0 Å². The zero-order valence-electron chi connectivity index (χ0n) is 11.1. The van der Waals surface area contributed by atoms with Gasteiger partial charge in [-0.2, -0.15) is 0 Å². The number of hydrogen-bond donors (Lipinski definition) is 2. The topological polar surface area (TPSA) is 58.2 Å². The molecular formula is C13H20ClIN2O2S. The summed E-state index contributed by atoms with van der Waals surface area (Å²) in [5.74, 6) is 0.590. The molecule has 4 nitrogen and oxygen atoms in total. The smallest absolute Gasteiger partial charge is 0.240 e. The Balaban J connectivity index is 0.00000200. The normalized spacial score (nSPS) is 19.4. The minimum Gasteiger partial charge on any atom is -0.316 e. The van der Waals surface area contributed by atoms with Crippen LogP contribution in [0.25, 0.3) is 0 Å². The van der Waals surface area contributed by atoms with Crippen molar-refractivity contribution >= 4 is 45.0 Å². The summed E-state index contributed by atoms with van der Waals surface area (Å²) in [4.78, 5) is 0.348. The Morgan fingerprint density at radius 2 is 2.20 bits per heavy atom. The highest BCUT2D eigenvalue weighted by Crippen LogP contribution is 2.15. The van der Waals surface area contributed by atoms with Crippen molar-refractivity contribution in [3.8, 4) is 0 Å². The average molecular weight is 431 g/mol. The van der Waals surface area contributed by atoms with Crippen LogP contribution in [0, 0.1) is 9.49 Å². The highest BCUT2D eigenvalue weighted by atomic mass is 127. The first-order chi connectivity index (χ1) is 9.08. The van der Waals surface area contributed by atoms with Crippen LogP contribution in [0.2, 0.25) is 0 Å². The van der Waals surface area contributed by atoms with Gasteiger partial charge in [-0.15, -0.1) is 12.4 Å². The molecule has 0 bridgehead atoms. The minimum absolute atomic E-state index is 0. The van der Waals surface area contributed by atoms with E-state index in [0.29, 0.717) is 17.4 Å². The van der Waals surface area contributed by atoms with E-state index in [-0.39, 0.29) is 12.4 Å². The standard InChI is InChI=1S/C13H19IN2O2S.ClH/c14-12-4-1-5-13(9-12)19(17,18)16-8-6-11-3-2-7-15-10-11;/h1,4-5,9,11,15-16H,2-3,6-8,10H2;1H. The highest BCUT2D eigenvalue weighted by molar-refractivity contribution is 14.1. The lowest BCUT2D eigenvalue weighted by Gasteiger charge is -2.22. The SMILES string of the molecule is Cl.O=S(=O)(NCCC1CCCNC1)c1cccc(I)c1. The Bertz CT molecular complexity index is 519. The molecule has 0 saturated carbocycles. The second kappa shape index (κ2) is 8.53. The van der Waals surface area contributed by atoms with E-state index in [4.69, 9.17) is 0 Å². The van der Waals surface area contributed by atoms with Crippen LogP contribution in [0.5, 0.6) is 0 Å². The first kappa shape index (κ1) is 18.2. The largest absolute Gasteiger partial charge is 0.316 e. The summed E-state index contributed by atoms with van der Waals surface area (Å²) in [6.45, 7) is 2.61. The molecule has 1 aromatic rings. The van der Waals surface area contributed by atoms with Crippen molar-refractivity contribution in [2.45, 2.75) is 24.2 Å². The van der Waals surface area contributed by atoms with Gasteiger partial charge in [-0.25, -0.2) is 13.1 Å². The van der Waals surface area contributed by atoms with E-state index in [1.807, 2.05) is 6.07 Å². The van der Waals surface area contributed by atoms with Gasteiger partial charge in [0.25, 0.3) is 0 Å². The lowest BCUT2D eigenvalue weighted by atomic mass is 9.96.